The summed E-state index contributed by atoms with van der Waals surface area (Å²) in [5, 5.41) is 1.28. The van der Waals surface area contributed by atoms with Gasteiger partial charge < -0.3 is 9.72 Å². The molecule has 2 aromatic carbocycles. The van der Waals surface area contributed by atoms with E-state index in [1.807, 2.05) is 13.0 Å². The van der Waals surface area contributed by atoms with Gasteiger partial charge in [-0.2, -0.15) is 0 Å². The van der Waals surface area contributed by atoms with Crippen molar-refractivity contribution in [3.8, 4) is 17.0 Å². The van der Waals surface area contributed by atoms with E-state index in [4.69, 9.17) is 16.3 Å². The Bertz CT molecular complexity index is 886. The van der Waals surface area contributed by atoms with Crippen molar-refractivity contribution >= 4 is 28.8 Å². The van der Waals surface area contributed by atoms with E-state index in [-0.39, 0.29) is 5.75 Å². The Hall–Kier alpha value is -2.33. The molecule has 3 rings (SSSR count). The van der Waals surface area contributed by atoms with Gasteiger partial charge in [0, 0.05) is 27.1 Å². The van der Waals surface area contributed by atoms with Gasteiger partial charge in [-0.25, -0.2) is 4.39 Å². The Morgan fingerprint density at radius 2 is 2.05 bits per heavy atom. The molecule has 0 amide bonds. The number of aromatic amines is 1. The molecule has 1 N–H and O–H groups in total. The zero-order valence-electron chi connectivity index (χ0n) is 12.0. The van der Waals surface area contributed by atoms with Crippen molar-refractivity contribution in [1.29, 1.82) is 0 Å². The number of H-pyrrole nitrogens is 1. The van der Waals surface area contributed by atoms with Crippen LogP contribution in [-0.4, -0.2) is 18.4 Å². The maximum absolute atomic E-state index is 13.9. The zero-order chi connectivity index (χ0) is 15.9. The third-order valence-corrected chi connectivity index (χ3v) is 3.89. The summed E-state index contributed by atoms with van der Waals surface area (Å²) in [5.74, 6) is -0.322. The average Bonchev–Trinajstić information content (AvgIpc) is 2.85. The van der Waals surface area contributed by atoms with Crippen molar-refractivity contribution in [2.24, 2.45) is 0 Å². The first-order chi connectivity index (χ1) is 10.5. The zero-order valence-corrected chi connectivity index (χ0v) is 12.8. The van der Waals surface area contributed by atoms with E-state index in [2.05, 4.69) is 4.98 Å². The Morgan fingerprint density at radius 3 is 2.68 bits per heavy atom. The van der Waals surface area contributed by atoms with Crippen LogP contribution < -0.4 is 4.74 Å². The second kappa shape index (κ2) is 5.46. The number of ether oxygens (including phenoxy) is 1. The number of halogens is 2. The fourth-order valence-electron chi connectivity index (χ4n) is 2.62. The van der Waals surface area contributed by atoms with Gasteiger partial charge in [0.15, 0.2) is 17.9 Å². The minimum Gasteiger partial charge on any atom is -0.494 e. The van der Waals surface area contributed by atoms with Gasteiger partial charge in [0.05, 0.1) is 12.8 Å². The maximum Gasteiger partial charge on any atom is 0.165 e. The van der Waals surface area contributed by atoms with Crippen LogP contribution in [0.1, 0.15) is 15.9 Å². The monoisotopic (exact) mass is 317 g/mol. The summed E-state index contributed by atoms with van der Waals surface area (Å²) >= 11 is 6.07. The second-order valence-electron chi connectivity index (χ2n) is 5.03. The van der Waals surface area contributed by atoms with Crippen LogP contribution in [0.4, 0.5) is 4.39 Å². The molecule has 0 fully saturated rings. The number of fused-ring (bicyclic) bond motifs is 1. The number of methoxy groups -OCH3 is 1. The lowest BCUT2D eigenvalue weighted by atomic mass is 10.0. The van der Waals surface area contributed by atoms with Crippen LogP contribution in [0.2, 0.25) is 5.02 Å². The minimum atomic E-state index is -0.481. The maximum atomic E-state index is 13.9. The summed E-state index contributed by atoms with van der Waals surface area (Å²) in [7, 11) is 1.41. The molecule has 0 saturated heterocycles. The highest BCUT2D eigenvalue weighted by Gasteiger charge is 2.16. The van der Waals surface area contributed by atoms with E-state index in [0.29, 0.717) is 21.8 Å². The summed E-state index contributed by atoms with van der Waals surface area (Å²) in [4.78, 5) is 14.7. The molecule has 0 unspecified atom stereocenters. The first-order valence-corrected chi connectivity index (χ1v) is 7.04. The number of hydrogen-bond acceptors (Lipinski definition) is 2. The Morgan fingerprint density at radius 1 is 1.27 bits per heavy atom. The lowest BCUT2D eigenvalue weighted by molar-refractivity contribution is 0.112. The van der Waals surface area contributed by atoms with Gasteiger partial charge in [0.25, 0.3) is 0 Å². The van der Waals surface area contributed by atoms with Crippen LogP contribution in [0.15, 0.2) is 30.3 Å². The molecule has 3 nitrogen and oxygen atoms in total. The fraction of sp³-hybridized carbons (Fsp3) is 0.118. The van der Waals surface area contributed by atoms with Gasteiger partial charge in [-0.3, -0.25) is 4.79 Å². The van der Waals surface area contributed by atoms with Crippen LogP contribution in [0, 0.1) is 12.7 Å². The number of aryl methyl sites for hydroxylation is 1. The summed E-state index contributed by atoms with van der Waals surface area (Å²) in [6.45, 7) is 1.90. The summed E-state index contributed by atoms with van der Waals surface area (Å²) in [6.07, 6.45) is 0.756. The molecule has 1 heterocycles. The predicted molar refractivity (Wildman–Crippen MR) is 85.4 cm³/mol. The number of rotatable bonds is 3. The molecular weight excluding hydrogens is 305 g/mol. The molecule has 0 atom stereocenters. The summed E-state index contributed by atoms with van der Waals surface area (Å²) in [5.41, 5.74) is 3.35. The third-order valence-electron chi connectivity index (χ3n) is 3.67. The molecule has 0 aliphatic rings. The molecular formula is C17H13ClFNO2. The molecule has 22 heavy (non-hydrogen) atoms. The lowest BCUT2D eigenvalue weighted by Gasteiger charge is -2.04. The molecule has 0 spiro atoms. The lowest BCUT2D eigenvalue weighted by Crippen LogP contribution is -1.90. The van der Waals surface area contributed by atoms with Crippen molar-refractivity contribution in [3.63, 3.8) is 0 Å². The molecule has 5 heteroatoms. The van der Waals surface area contributed by atoms with Crippen LogP contribution in [-0.2, 0) is 0 Å². The quantitative estimate of drug-likeness (QED) is 0.708. The molecule has 112 valence electrons. The topological polar surface area (TPSA) is 42.1 Å². The van der Waals surface area contributed by atoms with Crippen LogP contribution in [0.3, 0.4) is 0 Å². The van der Waals surface area contributed by atoms with Crippen molar-refractivity contribution in [2.45, 2.75) is 6.92 Å². The Labute approximate surface area is 131 Å². The molecule has 3 aromatic rings. The third kappa shape index (κ3) is 2.25. The van der Waals surface area contributed by atoms with E-state index in [9.17, 15) is 9.18 Å². The highest BCUT2D eigenvalue weighted by molar-refractivity contribution is 6.31. The molecule has 0 bridgehead atoms. The Balaban J connectivity index is 2.29. The largest absolute Gasteiger partial charge is 0.494 e. The first-order valence-electron chi connectivity index (χ1n) is 6.66. The van der Waals surface area contributed by atoms with E-state index < -0.39 is 5.82 Å². The number of carbonyl (C=O) groups is 1. The van der Waals surface area contributed by atoms with E-state index >= 15 is 0 Å². The number of benzene rings is 2. The Kier molecular flexibility index (Phi) is 3.62. The van der Waals surface area contributed by atoms with Crippen molar-refractivity contribution in [2.75, 3.05) is 7.11 Å². The summed E-state index contributed by atoms with van der Waals surface area (Å²) in [6, 6.07) is 8.12. The molecule has 0 aliphatic carbocycles. The normalized spacial score (nSPS) is 10.9. The van der Waals surface area contributed by atoms with E-state index in [1.165, 1.54) is 19.2 Å². The van der Waals surface area contributed by atoms with E-state index in [1.54, 1.807) is 12.1 Å². The van der Waals surface area contributed by atoms with Gasteiger partial charge in [0.1, 0.15) is 0 Å². The number of carbonyl (C=O) groups excluding carboxylic acids is 1. The van der Waals surface area contributed by atoms with Gasteiger partial charge >= 0.3 is 0 Å². The van der Waals surface area contributed by atoms with Gasteiger partial charge in [-0.1, -0.05) is 11.6 Å². The molecule has 1 aromatic heterocycles. The van der Waals surface area contributed by atoms with Gasteiger partial charge in [-0.15, -0.1) is 0 Å². The van der Waals surface area contributed by atoms with Crippen LogP contribution in [0.5, 0.6) is 5.75 Å². The SMILES string of the molecule is COc1ccc(-c2[nH]c3c(C)cc(Cl)cc3c2C=O)cc1F. The standard InChI is InChI=1S/C17H13ClFNO2/c1-9-5-11(18)7-12-13(8-21)17(20-16(9)12)10-3-4-15(22-2)14(19)6-10/h3-8,20H,1-2H3. The molecule has 0 radical (unpaired) electrons. The smallest absolute Gasteiger partial charge is 0.165 e. The highest BCUT2D eigenvalue weighted by atomic mass is 35.5. The number of hydrogen-bond donors (Lipinski definition) is 1. The van der Waals surface area contributed by atoms with E-state index in [0.717, 1.165) is 22.8 Å². The molecule has 0 aliphatic heterocycles. The van der Waals surface area contributed by atoms with Crippen molar-refractivity contribution < 1.29 is 13.9 Å². The minimum absolute atomic E-state index is 0.159. The van der Waals surface area contributed by atoms with Crippen LogP contribution >= 0.6 is 11.6 Å². The number of aldehydes is 1. The van der Waals surface area contributed by atoms with Crippen LogP contribution in [0.25, 0.3) is 22.2 Å². The second-order valence-corrected chi connectivity index (χ2v) is 5.46. The number of nitrogens with one attached hydrogen (secondary N) is 1. The van der Waals surface area contributed by atoms with Crippen molar-refractivity contribution in [1.82, 2.24) is 4.98 Å². The fourth-order valence-corrected chi connectivity index (χ4v) is 2.89. The summed E-state index contributed by atoms with van der Waals surface area (Å²) < 4.78 is 18.8. The predicted octanol–water partition coefficient (Wildman–Crippen LogP) is 4.76. The molecule has 0 saturated carbocycles. The highest BCUT2D eigenvalue weighted by Crippen LogP contribution is 2.34. The van der Waals surface area contributed by atoms with Gasteiger partial charge in [0.2, 0.25) is 0 Å². The number of aromatic nitrogens is 1. The first kappa shape index (κ1) is 14.6. The van der Waals surface area contributed by atoms with Crippen molar-refractivity contribution in [3.05, 3.63) is 52.3 Å². The average molecular weight is 318 g/mol. The van der Waals surface area contributed by atoms with Gasteiger partial charge in [-0.05, 0) is 42.8 Å².